The standard InChI is InChI=1S/C10H11N5O4/c1-2-7(9(17)18)15-4-5(13-14-15)3-6-8(16)12-10(19)11-6/h2,4,6-7H,1,3H2,(H,17,18)(H2,11,12,16,19)/t6-,7+/m0/s1. The fourth-order valence-corrected chi connectivity index (χ4v) is 1.68. The minimum Gasteiger partial charge on any atom is -0.479 e. The van der Waals surface area contributed by atoms with Crippen LogP contribution in [0.4, 0.5) is 4.79 Å². The van der Waals surface area contributed by atoms with Gasteiger partial charge in [0, 0.05) is 12.6 Å². The summed E-state index contributed by atoms with van der Waals surface area (Å²) in [6, 6.07) is -2.30. The molecule has 0 bridgehead atoms. The number of aliphatic carboxylic acids is 1. The van der Waals surface area contributed by atoms with Gasteiger partial charge in [-0.25, -0.2) is 14.3 Å². The maximum Gasteiger partial charge on any atom is 0.332 e. The van der Waals surface area contributed by atoms with Crippen molar-refractivity contribution in [3.05, 3.63) is 24.5 Å². The lowest BCUT2D eigenvalue weighted by Gasteiger charge is -2.05. The summed E-state index contributed by atoms with van der Waals surface area (Å²) in [5.41, 5.74) is 0.399. The summed E-state index contributed by atoms with van der Waals surface area (Å²) < 4.78 is 1.12. The molecule has 9 heteroatoms. The van der Waals surface area contributed by atoms with Crippen molar-refractivity contribution in [1.82, 2.24) is 25.6 Å². The van der Waals surface area contributed by atoms with E-state index in [1.165, 1.54) is 12.3 Å². The van der Waals surface area contributed by atoms with Gasteiger partial charge in [-0.15, -0.1) is 11.7 Å². The molecule has 0 aliphatic carbocycles. The highest BCUT2D eigenvalue weighted by Crippen LogP contribution is 2.09. The molecule has 2 rings (SSSR count). The van der Waals surface area contributed by atoms with E-state index in [2.05, 4.69) is 27.5 Å². The number of carbonyl (C=O) groups excluding carboxylic acids is 2. The quantitative estimate of drug-likeness (QED) is 0.455. The molecule has 0 radical (unpaired) electrons. The normalized spacial score (nSPS) is 19.7. The minimum atomic E-state index is -1.11. The Morgan fingerprint density at radius 1 is 1.63 bits per heavy atom. The third-order valence-electron chi connectivity index (χ3n) is 2.59. The molecule has 3 amide bonds. The van der Waals surface area contributed by atoms with Gasteiger partial charge in [0.2, 0.25) is 0 Å². The average molecular weight is 265 g/mol. The van der Waals surface area contributed by atoms with Crippen molar-refractivity contribution in [1.29, 1.82) is 0 Å². The van der Waals surface area contributed by atoms with Gasteiger partial charge < -0.3 is 10.4 Å². The van der Waals surface area contributed by atoms with E-state index in [0.717, 1.165) is 4.68 Å². The van der Waals surface area contributed by atoms with Crippen LogP contribution in [0.15, 0.2) is 18.9 Å². The topological polar surface area (TPSA) is 126 Å². The SMILES string of the molecule is C=C[C@H](C(=O)O)n1cc(C[C@@H]2NC(=O)NC2=O)nn1. The van der Waals surface area contributed by atoms with Gasteiger partial charge in [0.25, 0.3) is 5.91 Å². The van der Waals surface area contributed by atoms with Crippen molar-refractivity contribution >= 4 is 17.9 Å². The summed E-state index contributed by atoms with van der Waals surface area (Å²) in [7, 11) is 0. The molecule has 19 heavy (non-hydrogen) atoms. The Bertz CT molecular complexity index is 552. The van der Waals surface area contributed by atoms with Crippen molar-refractivity contribution < 1.29 is 19.5 Å². The van der Waals surface area contributed by atoms with Crippen molar-refractivity contribution in [2.75, 3.05) is 0 Å². The van der Waals surface area contributed by atoms with Gasteiger partial charge in [-0.1, -0.05) is 11.3 Å². The van der Waals surface area contributed by atoms with Crippen molar-refractivity contribution in [3.63, 3.8) is 0 Å². The number of hydrogen-bond acceptors (Lipinski definition) is 5. The summed E-state index contributed by atoms with van der Waals surface area (Å²) in [6.45, 7) is 3.40. The number of rotatable bonds is 5. The summed E-state index contributed by atoms with van der Waals surface area (Å²) >= 11 is 0. The summed E-state index contributed by atoms with van der Waals surface area (Å²) in [5, 5.41) is 20.8. The fourth-order valence-electron chi connectivity index (χ4n) is 1.68. The highest BCUT2D eigenvalue weighted by Gasteiger charge is 2.30. The van der Waals surface area contributed by atoms with Crippen LogP contribution in [0, 0.1) is 0 Å². The second-order valence-electron chi connectivity index (χ2n) is 3.93. The zero-order valence-corrected chi connectivity index (χ0v) is 9.74. The molecule has 100 valence electrons. The van der Waals surface area contributed by atoms with Crippen LogP contribution >= 0.6 is 0 Å². The largest absolute Gasteiger partial charge is 0.479 e. The van der Waals surface area contributed by atoms with Crippen LogP contribution in [0.2, 0.25) is 0 Å². The number of carboxylic acids is 1. The molecule has 9 nitrogen and oxygen atoms in total. The van der Waals surface area contributed by atoms with E-state index in [9.17, 15) is 14.4 Å². The second kappa shape index (κ2) is 4.88. The number of urea groups is 1. The molecule has 0 spiro atoms. The van der Waals surface area contributed by atoms with Crippen LogP contribution in [-0.2, 0) is 16.0 Å². The molecule has 3 N–H and O–H groups in total. The number of hydrogen-bond donors (Lipinski definition) is 3. The van der Waals surface area contributed by atoms with Crippen molar-refractivity contribution in [2.24, 2.45) is 0 Å². The lowest BCUT2D eigenvalue weighted by molar-refractivity contribution is -0.139. The number of nitrogens with zero attached hydrogens (tertiary/aromatic N) is 3. The molecule has 2 atom stereocenters. The molecule has 0 unspecified atom stereocenters. The van der Waals surface area contributed by atoms with Gasteiger partial charge in [-0.3, -0.25) is 10.1 Å². The van der Waals surface area contributed by atoms with Crippen LogP contribution in [0.5, 0.6) is 0 Å². The Kier molecular flexibility index (Phi) is 3.27. The maximum absolute atomic E-state index is 11.3. The lowest BCUT2D eigenvalue weighted by Crippen LogP contribution is -2.31. The van der Waals surface area contributed by atoms with Crippen LogP contribution in [-0.4, -0.2) is 44.0 Å². The number of imide groups is 1. The first kappa shape index (κ1) is 12.7. The Morgan fingerprint density at radius 2 is 2.37 bits per heavy atom. The first-order valence-electron chi connectivity index (χ1n) is 5.38. The summed E-state index contributed by atoms with van der Waals surface area (Å²) in [4.78, 5) is 33.2. The van der Waals surface area contributed by atoms with Crippen LogP contribution in [0.25, 0.3) is 0 Å². The van der Waals surface area contributed by atoms with E-state index < -0.39 is 30.0 Å². The van der Waals surface area contributed by atoms with E-state index in [1.54, 1.807) is 0 Å². The van der Waals surface area contributed by atoms with E-state index in [0.29, 0.717) is 5.69 Å². The molecule has 0 saturated carbocycles. The molecule has 1 saturated heterocycles. The second-order valence-corrected chi connectivity index (χ2v) is 3.93. The highest BCUT2D eigenvalue weighted by atomic mass is 16.4. The van der Waals surface area contributed by atoms with Crippen molar-refractivity contribution in [2.45, 2.75) is 18.5 Å². The number of carboxylic acid groups (broad SMARTS) is 1. The number of carbonyl (C=O) groups is 3. The zero-order valence-electron chi connectivity index (χ0n) is 9.74. The molecule has 1 aromatic heterocycles. The monoisotopic (exact) mass is 265 g/mol. The van der Waals surface area contributed by atoms with E-state index in [4.69, 9.17) is 5.11 Å². The molecule has 0 aromatic carbocycles. The number of amides is 3. The van der Waals surface area contributed by atoms with Gasteiger partial charge in [-0.05, 0) is 0 Å². The summed E-state index contributed by atoms with van der Waals surface area (Å²) in [6.07, 6.45) is 2.75. The molecule has 1 aliphatic heterocycles. The maximum atomic E-state index is 11.3. The molecule has 1 aromatic rings. The molecule has 1 aliphatic rings. The number of aromatic nitrogens is 3. The van der Waals surface area contributed by atoms with E-state index >= 15 is 0 Å². The first-order chi connectivity index (χ1) is 9.01. The Balaban J connectivity index is 2.09. The van der Waals surface area contributed by atoms with Gasteiger partial charge >= 0.3 is 12.0 Å². The van der Waals surface area contributed by atoms with E-state index in [-0.39, 0.29) is 6.42 Å². The van der Waals surface area contributed by atoms with E-state index in [1.807, 2.05) is 0 Å². The predicted molar refractivity (Wildman–Crippen MR) is 61.1 cm³/mol. The lowest BCUT2D eigenvalue weighted by atomic mass is 10.2. The smallest absolute Gasteiger partial charge is 0.332 e. The van der Waals surface area contributed by atoms with Gasteiger partial charge in [0.15, 0.2) is 6.04 Å². The van der Waals surface area contributed by atoms with Gasteiger partial charge in [0.1, 0.15) is 6.04 Å². The van der Waals surface area contributed by atoms with Gasteiger partial charge in [-0.2, -0.15) is 0 Å². The van der Waals surface area contributed by atoms with Crippen LogP contribution in [0.1, 0.15) is 11.7 Å². The molecular weight excluding hydrogens is 254 g/mol. The Hall–Kier alpha value is -2.71. The number of nitrogens with one attached hydrogen (secondary N) is 2. The van der Waals surface area contributed by atoms with Crippen molar-refractivity contribution in [3.8, 4) is 0 Å². The van der Waals surface area contributed by atoms with Crippen LogP contribution < -0.4 is 10.6 Å². The molecular formula is C10H11N5O4. The molecule has 1 fully saturated rings. The average Bonchev–Trinajstić information content (AvgIpc) is 2.88. The zero-order chi connectivity index (χ0) is 14.0. The summed E-state index contributed by atoms with van der Waals surface area (Å²) in [5.74, 6) is -1.56. The fraction of sp³-hybridized carbons (Fsp3) is 0.300. The third kappa shape index (κ3) is 2.59. The minimum absolute atomic E-state index is 0.140. The Morgan fingerprint density at radius 3 is 2.89 bits per heavy atom. The van der Waals surface area contributed by atoms with Gasteiger partial charge in [0.05, 0.1) is 5.69 Å². The van der Waals surface area contributed by atoms with Crippen LogP contribution in [0.3, 0.4) is 0 Å². The third-order valence-corrected chi connectivity index (χ3v) is 2.59. The predicted octanol–water partition coefficient (Wildman–Crippen LogP) is -1.16. The highest BCUT2D eigenvalue weighted by molar-refractivity contribution is 6.04. The Labute approximate surface area is 107 Å². The first-order valence-corrected chi connectivity index (χ1v) is 5.38. The molecule has 2 heterocycles.